The molecule has 1 N–H and O–H groups in total. The molecule has 0 spiro atoms. The first-order chi connectivity index (χ1) is 8.96. The highest BCUT2D eigenvalue weighted by atomic mass is 32.2. The molecule has 19 heavy (non-hydrogen) atoms. The van der Waals surface area contributed by atoms with E-state index in [4.69, 9.17) is 10.4 Å². The predicted molar refractivity (Wildman–Crippen MR) is 63.5 cm³/mol. The third kappa shape index (κ3) is 2.43. The van der Waals surface area contributed by atoms with E-state index in [2.05, 4.69) is 4.98 Å². The second kappa shape index (κ2) is 4.95. The zero-order chi connectivity index (χ0) is 14.0. The highest BCUT2D eigenvalue weighted by Crippen LogP contribution is 2.26. The second-order valence-corrected chi connectivity index (χ2v) is 6.02. The molecule has 1 aliphatic heterocycles. The van der Waals surface area contributed by atoms with E-state index in [1.165, 1.54) is 12.3 Å². The summed E-state index contributed by atoms with van der Waals surface area (Å²) in [6.45, 7) is 0.163. The second-order valence-electron chi connectivity index (χ2n) is 4.13. The number of rotatable bonds is 3. The maximum atomic E-state index is 12.3. The number of carbonyl (C=O) groups is 1. The van der Waals surface area contributed by atoms with Gasteiger partial charge in [0, 0.05) is 18.9 Å². The van der Waals surface area contributed by atoms with Gasteiger partial charge in [-0.2, -0.15) is 9.57 Å². The number of hydrogen-bond donors (Lipinski definition) is 1. The molecular weight excluding hydrogens is 270 g/mol. The topological polar surface area (TPSA) is 111 Å². The Morgan fingerprint density at radius 2 is 2.26 bits per heavy atom. The molecule has 0 radical (unpaired) electrons. The zero-order valence-electron chi connectivity index (χ0n) is 9.85. The third-order valence-electron chi connectivity index (χ3n) is 2.94. The molecule has 0 aliphatic carbocycles. The predicted octanol–water partition coefficient (Wildman–Crippen LogP) is 0.191. The van der Waals surface area contributed by atoms with Gasteiger partial charge in [0.1, 0.15) is 17.0 Å². The molecule has 1 atom stereocenters. The number of carboxylic acid groups (broad SMARTS) is 1. The standard InChI is InChI=1S/C11H11N3O4S/c12-5-8-4-9(7-13-6-8)19(17,18)14-3-1-2-10(14)11(15)16/h4,6-7,10H,1-3H2,(H,15,16). The van der Waals surface area contributed by atoms with Crippen molar-refractivity contribution in [1.29, 1.82) is 5.26 Å². The molecule has 2 heterocycles. The van der Waals surface area contributed by atoms with Gasteiger partial charge < -0.3 is 5.11 Å². The summed E-state index contributed by atoms with van der Waals surface area (Å²) in [4.78, 5) is 14.6. The number of hydrogen-bond acceptors (Lipinski definition) is 5. The van der Waals surface area contributed by atoms with Crippen molar-refractivity contribution in [3.8, 4) is 6.07 Å². The average Bonchev–Trinajstić information content (AvgIpc) is 2.89. The van der Waals surface area contributed by atoms with E-state index in [0.29, 0.717) is 12.8 Å². The number of pyridine rings is 1. The Morgan fingerprint density at radius 1 is 1.53 bits per heavy atom. The summed E-state index contributed by atoms with van der Waals surface area (Å²) in [6.07, 6.45) is 3.16. The van der Waals surface area contributed by atoms with Crippen molar-refractivity contribution in [3.63, 3.8) is 0 Å². The van der Waals surface area contributed by atoms with Crippen molar-refractivity contribution < 1.29 is 18.3 Å². The van der Waals surface area contributed by atoms with Gasteiger partial charge in [0.2, 0.25) is 10.0 Å². The van der Waals surface area contributed by atoms with Gasteiger partial charge in [-0.25, -0.2) is 8.42 Å². The first-order valence-corrected chi connectivity index (χ1v) is 7.00. The number of nitriles is 1. The van der Waals surface area contributed by atoms with Crippen LogP contribution in [0.1, 0.15) is 18.4 Å². The molecule has 1 unspecified atom stereocenters. The van der Waals surface area contributed by atoms with Gasteiger partial charge in [-0.3, -0.25) is 9.78 Å². The van der Waals surface area contributed by atoms with E-state index in [0.717, 1.165) is 10.5 Å². The van der Waals surface area contributed by atoms with E-state index in [1.54, 1.807) is 6.07 Å². The van der Waals surface area contributed by atoms with Crippen molar-refractivity contribution in [1.82, 2.24) is 9.29 Å². The quantitative estimate of drug-likeness (QED) is 0.846. The summed E-state index contributed by atoms with van der Waals surface area (Å²) in [5, 5.41) is 17.8. The van der Waals surface area contributed by atoms with Crippen LogP contribution >= 0.6 is 0 Å². The molecule has 1 aliphatic rings. The van der Waals surface area contributed by atoms with E-state index in [-0.39, 0.29) is 17.0 Å². The van der Waals surface area contributed by atoms with Crippen LogP contribution < -0.4 is 0 Å². The number of sulfonamides is 1. The van der Waals surface area contributed by atoms with E-state index in [9.17, 15) is 13.2 Å². The lowest BCUT2D eigenvalue weighted by Gasteiger charge is -2.20. The maximum absolute atomic E-state index is 12.3. The molecule has 0 saturated carbocycles. The Balaban J connectivity index is 2.42. The minimum atomic E-state index is -3.93. The summed E-state index contributed by atoms with van der Waals surface area (Å²) in [5.41, 5.74) is 0.118. The number of aromatic nitrogens is 1. The number of carboxylic acids is 1. The van der Waals surface area contributed by atoms with Crippen LogP contribution in [0.5, 0.6) is 0 Å². The normalized spacial score (nSPS) is 20.1. The number of aliphatic carboxylic acids is 1. The molecule has 0 aromatic carbocycles. The smallest absolute Gasteiger partial charge is 0.322 e. The Bertz CT molecular complexity index is 650. The Kier molecular flexibility index (Phi) is 3.50. The summed E-state index contributed by atoms with van der Waals surface area (Å²) in [7, 11) is -3.93. The third-order valence-corrected chi connectivity index (χ3v) is 4.81. The van der Waals surface area contributed by atoms with Crippen molar-refractivity contribution in [3.05, 3.63) is 24.0 Å². The molecule has 8 heteroatoms. The molecule has 0 amide bonds. The summed E-state index contributed by atoms with van der Waals surface area (Å²) >= 11 is 0. The van der Waals surface area contributed by atoms with Crippen molar-refractivity contribution in [2.45, 2.75) is 23.8 Å². The average molecular weight is 281 g/mol. The van der Waals surface area contributed by atoms with Crippen molar-refractivity contribution >= 4 is 16.0 Å². The summed E-state index contributed by atoms with van der Waals surface area (Å²) in [6, 6.07) is 1.95. The minimum absolute atomic E-state index is 0.118. The largest absolute Gasteiger partial charge is 0.480 e. The lowest BCUT2D eigenvalue weighted by Crippen LogP contribution is -2.40. The van der Waals surface area contributed by atoms with Crippen LogP contribution in [0.15, 0.2) is 23.4 Å². The molecule has 1 saturated heterocycles. The first kappa shape index (κ1) is 13.5. The van der Waals surface area contributed by atoms with Gasteiger partial charge >= 0.3 is 5.97 Å². The lowest BCUT2D eigenvalue weighted by atomic mass is 10.2. The van der Waals surface area contributed by atoms with Crippen molar-refractivity contribution in [2.24, 2.45) is 0 Å². The highest BCUT2D eigenvalue weighted by Gasteiger charge is 2.39. The van der Waals surface area contributed by atoms with Gasteiger partial charge in [0.15, 0.2) is 0 Å². The monoisotopic (exact) mass is 281 g/mol. The molecule has 2 rings (SSSR count). The summed E-state index contributed by atoms with van der Waals surface area (Å²) in [5.74, 6) is -1.16. The Labute approximate surface area is 110 Å². The van der Waals surface area contributed by atoms with Crippen LogP contribution in [0.3, 0.4) is 0 Å². The highest BCUT2D eigenvalue weighted by molar-refractivity contribution is 7.89. The van der Waals surface area contributed by atoms with Gasteiger partial charge in [0.25, 0.3) is 0 Å². The molecular formula is C11H11N3O4S. The first-order valence-electron chi connectivity index (χ1n) is 5.56. The van der Waals surface area contributed by atoms with E-state index < -0.39 is 22.0 Å². The molecule has 1 fully saturated rings. The Morgan fingerprint density at radius 3 is 2.89 bits per heavy atom. The number of nitrogens with zero attached hydrogens (tertiary/aromatic N) is 3. The van der Waals surface area contributed by atoms with Crippen LogP contribution in [-0.2, 0) is 14.8 Å². The van der Waals surface area contributed by atoms with Crippen LogP contribution in [-0.4, -0.2) is 41.4 Å². The Hall–Kier alpha value is -1.98. The fourth-order valence-corrected chi connectivity index (χ4v) is 3.67. The van der Waals surface area contributed by atoms with Crippen LogP contribution in [0.2, 0.25) is 0 Å². The molecule has 1 aromatic rings. The van der Waals surface area contributed by atoms with Crippen LogP contribution in [0.4, 0.5) is 0 Å². The summed E-state index contributed by atoms with van der Waals surface area (Å²) < 4.78 is 25.6. The molecule has 7 nitrogen and oxygen atoms in total. The SMILES string of the molecule is N#Cc1cncc(S(=O)(=O)N2CCCC2C(=O)O)c1. The zero-order valence-corrected chi connectivity index (χ0v) is 10.7. The lowest BCUT2D eigenvalue weighted by molar-refractivity contribution is -0.140. The van der Waals surface area contributed by atoms with Crippen LogP contribution in [0, 0.1) is 11.3 Å². The van der Waals surface area contributed by atoms with E-state index >= 15 is 0 Å². The van der Waals surface area contributed by atoms with Gasteiger partial charge in [-0.15, -0.1) is 0 Å². The van der Waals surface area contributed by atoms with Gasteiger partial charge in [-0.1, -0.05) is 0 Å². The maximum Gasteiger partial charge on any atom is 0.322 e. The van der Waals surface area contributed by atoms with Crippen LogP contribution in [0.25, 0.3) is 0 Å². The minimum Gasteiger partial charge on any atom is -0.480 e. The molecule has 1 aromatic heterocycles. The van der Waals surface area contributed by atoms with Crippen molar-refractivity contribution in [2.75, 3.05) is 6.54 Å². The fraction of sp³-hybridized carbons (Fsp3) is 0.364. The fourth-order valence-electron chi connectivity index (χ4n) is 2.03. The molecule has 100 valence electrons. The van der Waals surface area contributed by atoms with Gasteiger partial charge in [-0.05, 0) is 18.9 Å². The van der Waals surface area contributed by atoms with E-state index in [1.807, 2.05) is 0 Å². The van der Waals surface area contributed by atoms with Gasteiger partial charge in [0.05, 0.1) is 5.56 Å². The molecule has 0 bridgehead atoms.